The largest absolute Gasteiger partial charge is 0.354 e. The Morgan fingerprint density at radius 2 is 1.72 bits per heavy atom. The van der Waals surface area contributed by atoms with Crippen LogP contribution in [-0.4, -0.2) is 46.8 Å². The van der Waals surface area contributed by atoms with Gasteiger partial charge in [-0.1, -0.05) is 54.4 Å². The molecule has 5 heteroatoms. The van der Waals surface area contributed by atoms with Gasteiger partial charge in [0.05, 0.1) is 0 Å². The Balaban J connectivity index is 1.42. The minimum absolute atomic E-state index is 0.0720. The Labute approximate surface area is 191 Å². The average Bonchev–Trinajstić information content (AvgIpc) is 3.06. The first kappa shape index (κ1) is 22.5. The van der Waals surface area contributed by atoms with Crippen LogP contribution in [0.4, 0.5) is 0 Å². The summed E-state index contributed by atoms with van der Waals surface area (Å²) in [5.41, 5.74) is 3.65. The summed E-state index contributed by atoms with van der Waals surface area (Å²) >= 11 is 0. The van der Waals surface area contributed by atoms with Gasteiger partial charge in [0.2, 0.25) is 5.91 Å². The summed E-state index contributed by atoms with van der Waals surface area (Å²) in [5.74, 6) is -0.160. The van der Waals surface area contributed by atoms with Gasteiger partial charge in [-0.15, -0.1) is 0 Å². The van der Waals surface area contributed by atoms with E-state index in [2.05, 4.69) is 24.1 Å². The Kier molecular flexibility index (Phi) is 6.95. The molecule has 2 aromatic rings. The van der Waals surface area contributed by atoms with Gasteiger partial charge in [-0.2, -0.15) is 0 Å². The molecule has 4 rings (SSSR count). The lowest BCUT2D eigenvalue weighted by Crippen LogP contribution is -2.45. The lowest BCUT2D eigenvalue weighted by molar-refractivity contribution is -0.125. The monoisotopic (exact) mass is 433 g/mol. The summed E-state index contributed by atoms with van der Waals surface area (Å²) in [6, 6.07) is 16.3. The van der Waals surface area contributed by atoms with Crippen molar-refractivity contribution in [2.24, 2.45) is 0 Å². The van der Waals surface area contributed by atoms with Gasteiger partial charge in [0, 0.05) is 37.3 Å². The van der Waals surface area contributed by atoms with Gasteiger partial charge < -0.3 is 10.2 Å². The van der Waals surface area contributed by atoms with Crippen LogP contribution in [0.3, 0.4) is 0 Å². The highest BCUT2D eigenvalue weighted by atomic mass is 16.2. The van der Waals surface area contributed by atoms with E-state index >= 15 is 0 Å². The van der Waals surface area contributed by atoms with E-state index in [-0.39, 0.29) is 11.8 Å². The van der Waals surface area contributed by atoms with Crippen molar-refractivity contribution in [3.8, 4) is 0 Å². The molecule has 0 bridgehead atoms. The van der Waals surface area contributed by atoms with Gasteiger partial charge in [0.1, 0.15) is 6.04 Å². The van der Waals surface area contributed by atoms with E-state index in [4.69, 9.17) is 0 Å². The highest BCUT2D eigenvalue weighted by molar-refractivity contribution is 6.04. The number of benzene rings is 2. The number of likely N-dealkylation sites (tertiary alicyclic amines) is 1. The standard InChI is InChI=1S/C27H35N3O2/c1-19-12-14-22(15-13-19)18-30-25(23-10-4-5-11-24(23)27(30)32)26(31)28-16-7-17-29-20(2)8-6-9-21(29)3/h4-5,10-15,20-21,25H,6-9,16-18H2,1-3H3,(H,28,31)/t20-,21+,25-/m0/s1. The quantitative estimate of drug-likeness (QED) is 0.656. The molecule has 1 N–H and O–H groups in total. The summed E-state index contributed by atoms with van der Waals surface area (Å²) in [7, 11) is 0. The van der Waals surface area contributed by atoms with Crippen molar-refractivity contribution in [1.82, 2.24) is 15.1 Å². The molecule has 0 aliphatic carbocycles. The van der Waals surface area contributed by atoms with Crippen LogP contribution in [0.5, 0.6) is 0 Å². The molecule has 5 nitrogen and oxygen atoms in total. The van der Waals surface area contributed by atoms with Gasteiger partial charge in [0.15, 0.2) is 0 Å². The molecular formula is C27H35N3O2. The van der Waals surface area contributed by atoms with Crippen molar-refractivity contribution in [1.29, 1.82) is 0 Å². The highest BCUT2D eigenvalue weighted by Crippen LogP contribution is 2.35. The predicted molar refractivity (Wildman–Crippen MR) is 127 cm³/mol. The molecule has 1 fully saturated rings. The summed E-state index contributed by atoms with van der Waals surface area (Å²) in [6.45, 7) is 8.70. The fourth-order valence-electron chi connectivity index (χ4n) is 5.19. The zero-order chi connectivity index (χ0) is 22.7. The number of rotatable bonds is 7. The van der Waals surface area contributed by atoms with Crippen LogP contribution in [0, 0.1) is 6.92 Å². The molecule has 1 saturated heterocycles. The van der Waals surface area contributed by atoms with Gasteiger partial charge in [-0.3, -0.25) is 14.5 Å². The van der Waals surface area contributed by atoms with Gasteiger partial charge in [-0.25, -0.2) is 0 Å². The van der Waals surface area contributed by atoms with Crippen LogP contribution in [0.2, 0.25) is 0 Å². The molecule has 0 saturated carbocycles. The number of piperidine rings is 1. The van der Waals surface area contributed by atoms with E-state index in [1.807, 2.05) is 55.5 Å². The molecule has 170 valence electrons. The zero-order valence-corrected chi connectivity index (χ0v) is 19.5. The fourth-order valence-corrected chi connectivity index (χ4v) is 5.19. The molecule has 2 aliphatic rings. The van der Waals surface area contributed by atoms with Crippen LogP contribution >= 0.6 is 0 Å². The number of carbonyl (C=O) groups is 2. The van der Waals surface area contributed by atoms with Crippen LogP contribution in [0.15, 0.2) is 48.5 Å². The lowest BCUT2D eigenvalue weighted by Gasteiger charge is -2.39. The molecule has 2 amide bonds. The molecular weight excluding hydrogens is 398 g/mol. The maximum absolute atomic E-state index is 13.3. The Bertz CT molecular complexity index is 946. The summed E-state index contributed by atoms with van der Waals surface area (Å²) < 4.78 is 0. The van der Waals surface area contributed by atoms with E-state index in [0.717, 1.165) is 24.1 Å². The molecule has 3 atom stereocenters. The van der Waals surface area contributed by atoms with E-state index < -0.39 is 6.04 Å². The number of fused-ring (bicyclic) bond motifs is 1. The van der Waals surface area contributed by atoms with Crippen molar-refractivity contribution >= 4 is 11.8 Å². The van der Waals surface area contributed by atoms with E-state index in [1.165, 1.54) is 24.8 Å². The maximum Gasteiger partial charge on any atom is 0.255 e. The number of nitrogens with zero attached hydrogens (tertiary/aromatic N) is 2. The number of aryl methyl sites for hydroxylation is 1. The van der Waals surface area contributed by atoms with Crippen molar-refractivity contribution in [3.63, 3.8) is 0 Å². The van der Waals surface area contributed by atoms with Gasteiger partial charge in [-0.05, 0) is 57.2 Å². The molecule has 2 aromatic carbocycles. The minimum atomic E-state index is -0.576. The van der Waals surface area contributed by atoms with E-state index in [1.54, 1.807) is 4.90 Å². The van der Waals surface area contributed by atoms with Crippen LogP contribution in [-0.2, 0) is 11.3 Å². The Hall–Kier alpha value is -2.66. The SMILES string of the molecule is Cc1ccc(CN2C(=O)c3ccccc3[C@H]2C(=O)NCCCN2[C@H](C)CCC[C@@H]2C)cc1. The van der Waals surface area contributed by atoms with Crippen molar-refractivity contribution < 1.29 is 9.59 Å². The topological polar surface area (TPSA) is 52.7 Å². The fraction of sp³-hybridized carbons (Fsp3) is 0.481. The molecule has 0 spiro atoms. The van der Waals surface area contributed by atoms with E-state index in [0.29, 0.717) is 30.7 Å². The molecule has 0 unspecified atom stereocenters. The molecule has 2 aliphatic heterocycles. The summed E-state index contributed by atoms with van der Waals surface area (Å²) in [4.78, 5) is 30.7. The highest BCUT2D eigenvalue weighted by Gasteiger charge is 2.40. The zero-order valence-electron chi connectivity index (χ0n) is 19.5. The third-order valence-corrected chi connectivity index (χ3v) is 7.05. The summed E-state index contributed by atoms with van der Waals surface area (Å²) in [5, 5.41) is 3.12. The number of nitrogens with one attached hydrogen (secondary N) is 1. The van der Waals surface area contributed by atoms with Crippen molar-refractivity contribution in [3.05, 3.63) is 70.8 Å². The minimum Gasteiger partial charge on any atom is -0.354 e. The third kappa shape index (κ3) is 4.73. The van der Waals surface area contributed by atoms with E-state index in [9.17, 15) is 9.59 Å². The second-order valence-corrected chi connectivity index (χ2v) is 9.42. The number of carbonyl (C=O) groups excluding carboxylic acids is 2. The number of hydrogen-bond acceptors (Lipinski definition) is 3. The second kappa shape index (κ2) is 9.86. The average molecular weight is 434 g/mol. The Morgan fingerprint density at radius 1 is 1.03 bits per heavy atom. The molecule has 32 heavy (non-hydrogen) atoms. The second-order valence-electron chi connectivity index (χ2n) is 9.42. The Morgan fingerprint density at radius 3 is 2.44 bits per heavy atom. The van der Waals surface area contributed by atoms with Crippen LogP contribution < -0.4 is 5.32 Å². The van der Waals surface area contributed by atoms with Crippen molar-refractivity contribution in [2.45, 2.75) is 71.1 Å². The first-order valence-electron chi connectivity index (χ1n) is 11.9. The molecule has 0 radical (unpaired) electrons. The smallest absolute Gasteiger partial charge is 0.255 e. The predicted octanol–water partition coefficient (Wildman–Crippen LogP) is 4.46. The number of amides is 2. The first-order valence-corrected chi connectivity index (χ1v) is 11.9. The van der Waals surface area contributed by atoms with Crippen LogP contribution in [0.25, 0.3) is 0 Å². The maximum atomic E-state index is 13.3. The molecule has 0 aromatic heterocycles. The van der Waals surface area contributed by atoms with Crippen molar-refractivity contribution in [2.75, 3.05) is 13.1 Å². The van der Waals surface area contributed by atoms with Crippen LogP contribution in [0.1, 0.15) is 72.6 Å². The first-order chi connectivity index (χ1) is 15.5. The summed E-state index contributed by atoms with van der Waals surface area (Å²) in [6.07, 6.45) is 4.74. The molecule has 2 heterocycles. The number of hydrogen-bond donors (Lipinski definition) is 1. The normalized spacial score (nSPS) is 23.3. The lowest BCUT2D eigenvalue weighted by atomic mass is 9.97. The van der Waals surface area contributed by atoms with Gasteiger partial charge >= 0.3 is 0 Å². The third-order valence-electron chi connectivity index (χ3n) is 7.05. The van der Waals surface area contributed by atoms with Gasteiger partial charge in [0.25, 0.3) is 5.91 Å².